The first-order valence-corrected chi connectivity index (χ1v) is 5.34. The number of ether oxygens (including phenoxy) is 1. The van der Waals surface area contributed by atoms with Gasteiger partial charge in [0.2, 0.25) is 0 Å². The first-order valence-electron chi connectivity index (χ1n) is 5.34. The van der Waals surface area contributed by atoms with Crippen molar-refractivity contribution in [2.45, 2.75) is 26.1 Å². The molecule has 2 heterocycles. The van der Waals surface area contributed by atoms with Gasteiger partial charge in [-0.05, 0) is 19.9 Å². The number of hydrogen-bond acceptors (Lipinski definition) is 4. The molecule has 5 nitrogen and oxygen atoms in total. The van der Waals surface area contributed by atoms with Crippen LogP contribution in [0.25, 0.3) is 5.65 Å². The van der Waals surface area contributed by atoms with Crippen molar-refractivity contribution in [1.29, 1.82) is 0 Å². The van der Waals surface area contributed by atoms with Gasteiger partial charge in [0.1, 0.15) is 19.8 Å². The van der Waals surface area contributed by atoms with Crippen LogP contribution in [0.2, 0.25) is 0 Å². The van der Waals surface area contributed by atoms with Crippen LogP contribution >= 0.6 is 0 Å². The normalized spacial score (nSPS) is 12.2. The van der Waals surface area contributed by atoms with Gasteiger partial charge >= 0.3 is 0 Å². The van der Waals surface area contributed by atoms with Gasteiger partial charge in [0.05, 0.1) is 24.5 Å². The fourth-order valence-corrected chi connectivity index (χ4v) is 1.49. The van der Waals surface area contributed by atoms with Crippen molar-refractivity contribution in [1.82, 2.24) is 14.6 Å². The molecule has 0 amide bonds. The smallest absolute Gasteiger partial charge is 0.148 e. The lowest BCUT2D eigenvalue weighted by Crippen LogP contribution is -2.26. The molecular formula is C11H14BN3O2. The molecule has 0 fully saturated rings. The van der Waals surface area contributed by atoms with Gasteiger partial charge in [-0.2, -0.15) is 5.10 Å². The predicted octanol–water partition coefficient (Wildman–Crippen LogP) is -0.189. The van der Waals surface area contributed by atoms with E-state index in [1.807, 2.05) is 6.07 Å². The Kier molecular flexibility index (Phi) is 3.17. The second kappa shape index (κ2) is 4.47. The van der Waals surface area contributed by atoms with E-state index in [9.17, 15) is 5.11 Å². The zero-order valence-electron chi connectivity index (χ0n) is 9.92. The fourth-order valence-electron chi connectivity index (χ4n) is 1.49. The maximum absolute atomic E-state index is 9.53. The Bertz CT molecular complexity index is 519. The number of nitrogens with zero attached hydrogens (tertiary/aromatic N) is 3. The van der Waals surface area contributed by atoms with Gasteiger partial charge in [-0.3, -0.25) is 0 Å². The Balaban J connectivity index is 2.14. The minimum absolute atomic E-state index is 0.258. The summed E-state index contributed by atoms with van der Waals surface area (Å²) < 4.78 is 7.06. The maximum atomic E-state index is 9.53. The van der Waals surface area contributed by atoms with Gasteiger partial charge in [0, 0.05) is 0 Å². The van der Waals surface area contributed by atoms with E-state index in [1.54, 1.807) is 24.4 Å². The van der Waals surface area contributed by atoms with Crippen molar-refractivity contribution < 1.29 is 9.84 Å². The van der Waals surface area contributed by atoms with E-state index in [0.29, 0.717) is 17.7 Å². The number of aliphatic hydroxyl groups is 1. The van der Waals surface area contributed by atoms with Crippen LogP contribution in [-0.2, 0) is 11.3 Å². The van der Waals surface area contributed by atoms with E-state index in [2.05, 4.69) is 10.1 Å². The molecule has 0 bridgehead atoms. The SMILES string of the molecule is [B]c1ccc(COCC(C)(C)O)n2ncnc12. The molecule has 2 aromatic heterocycles. The summed E-state index contributed by atoms with van der Waals surface area (Å²) in [5.74, 6) is 0. The second-order valence-corrected chi connectivity index (χ2v) is 4.58. The van der Waals surface area contributed by atoms with Crippen LogP contribution in [0, 0.1) is 0 Å². The second-order valence-electron chi connectivity index (χ2n) is 4.58. The van der Waals surface area contributed by atoms with E-state index in [0.717, 1.165) is 5.69 Å². The average molecular weight is 231 g/mol. The highest BCUT2D eigenvalue weighted by Gasteiger charge is 2.13. The zero-order chi connectivity index (χ0) is 12.5. The largest absolute Gasteiger partial charge is 0.388 e. The summed E-state index contributed by atoms with van der Waals surface area (Å²) in [6, 6.07) is 3.61. The highest BCUT2D eigenvalue weighted by molar-refractivity contribution is 6.36. The third kappa shape index (κ3) is 2.84. The molecule has 0 aliphatic rings. The van der Waals surface area contributed by atoms with Crippen molar-refractivity contribution in [3.05, 3.63) is 24.2 Å². The molecule has 2 rings (SSSR count). The maximum Gasteiger partial charge on any atom is 0.148 e. The van der Waals surface area contributed by atoms with Gasteiger partial charge in [-0.1, -0.05) is 11.5 Å². The minimum atomic E-state index is -0.838. The number of aromatic nitrogens is 3. The van der Waals surface area contributed by atoms with Crippen LogP contribution in [0.1, 0.15) is 19.5 Å². The van der Waals surface area contributed by atoms with Crippen LogP contribution in [0.5, 0.6) is 0 Å². The summed E-state index contributed by atoms with van der Waals surface area (Å²) in [5, 5.41) is 13.6. The first-order chi connectivity index (χ1) is 7.97. The van der Waals surface area contributed by atoms with E-state index in [4.69, 9.17) is 12.6 Å². The van der Waals surface area contributed by atoms with Gasteiger partial charge in [0.25, 0.3) is 0 Å². The van der Waals surface area contributed by atoms with Crippen LogP contribution in [0.15, 0.2) is 18.5 Å². The van der Waals surface area contributed by atoms with E-state index >= 15 is 0 Å². The third-order valence-electron chi connectivity index (χ3n) is 2.24. The Morgan fingerprint density at radius 1 is 1.47 bits per heavy atom. The molecule has 88 valence electrons. The Hall–Kier alpha value is -1.40. The van der Waals surface area contributed by atoms with Gasteiger partial charge in [-0.25, -0.2) is 9.50 Å². The standard InChI is InChI=1S/C11H14BN3O2/c1-11(2,16)6-17-5-8-3-4-9(12)10-13-7-14-15(8)10/h3-4,7,16H,5-6H2,1-2H3. The van der Waals surface area contributed by atoms with Crippen molar-refractivity contribution in [2.75, 3.05) is 6.61 Å². The van der Waals surface area contributed by atoms with Gasteiger partial charge in [0.15, 0.2) is 0 Å². The molecule has 0 aromatic carbocycles. The molecule has 17 heavy (non-hydrogen) atoms. The number of fused-ring (bicyclic) bond motifs is 1. The summed E-state index contributed by atoms with van der Waals surface area (Å²) in [4.78, 5) is 4.06. The highest BCUT2D eigenvalue weighted by Crippen LogP contribution is 2.06. The molecule has 2 aromatic rings. The Labute approximate surface area is 101 Å². The van der Waals surface area contributed by atoms with Crippen LogP contribution < -0.4 is 5.46 Å². The van der Waals surface area contributed by atoms with Gasteiger partial charge < -0.3 is 9.84 Å². The lowest BCUT2D eigenvalue weighted by Gasteiger charge is -2.17. The van der Waals surface area contributed by atoms with Crippen LogP contribution in [-0.4, -0.2) is 39.8 Å². The van der Waals surface area contributed by atoms with E-state index < -0.39 is 5.60 Å². The van der Waals surface area contributed by atoms with E-state index in [-0.39, 0.29) is 6.61 Å². The summed E-state index contributed by atoms with van der Waals surface area (Å²) in [6.07, 6.45) is 1.45. The van der Waals surface area contributed by atoms with Crippen LogP contribution in [0.3, 0.4) is 0 Å². The van der Waals surface area contributed by atoms with E-state index in [1.165, 1.54) is 6.33 Å². The molecule has 0 atom stereocenters. The number of hydrogen-bond donors (Lipinski definition) is 1. The zero-order valence-corrected chi connectivity index (χ0v) is 9.92. The van der Waals surface area contributed by atoms with Crippen LogP contribution in [0.4, 0.5) is 0 Å². The molecule has 1 N–H and O–H groups in total. The fraction of sp³-hybridized carbons (Fsp3) is 0.455. The number of pyridine rings is 1. The Morgan fingerprint density at radius 3 is 2.94 bits per heavy atom. The average Bonchev–Trinajstić information content (AvgIpc) is 2.69. The molecular weight excluding hydrogens is 217 g/mol. The predicted molar refractivity (Wildman–Crippen MR) is 64.3 cm³/mol. The highest BCUT2D eigenvalue weighted by atomic mass is 16.5. The summed E-state index contributed by atoms with van der Waals surface area (Å²) >= 11 is 0. The van der Waals surface area contributed by atoms with Crippen molar-refractivity contribution >= 4 is 19.0 Å². The summed E-state index contributed by atoms with van der Waals surface area (Å²) in [5.41, 5.74) is 1.20. The molecule has 0 unspecified atom stereocenters. The molecule has 0 aliphatic heterocycles. The summed E-state index contributed by atoms with van der Waals surface area (Å²) in [7, 11) is 5.76. The lowest BCUT2D eigenvalue weighted by atomic mass is 9.97. The molecule has 0 saturated heterocycles. The van der Waals surface area contributed by atoms with Crippen molar-refractivity contribution in [2.24, 2.45) is 0 Å². The molecule has 0 spiro atoms. The molecule has 6 heteroatoms. The minimum Gasteiger partial charge on any atom is -0.388 e. The monoisotopic (exact) mass is 231 g/mol. The third-order valence-corrected chi connectivity index (χ3v) is 2.24. The lowest BCUT2D eigenvalue weighted by molar-refractivity contribution is -0.0280. The Morgan fingerprint density at radius 2 is 2.24 bits per heavy atom. The van der Waals surface area contributed by atoms with Crippen molar-refractivity contribution in [3.8, 4) is 0 Å². The quantitative estimate of drug-likeness (QED) is 0.741. The topological polar surface area (TPSA) is 59.7 Å². The first kappa shape index (κ1) is 12.1. The number of rotatable bonds is 4. The van der Waals surface area contributed by atoms with Crippen molar-refractivity contribution in [3.63, 3.8) is 0 Å². The molecule has 0 aliphatic carbocycles. The molecule has 0 saturated carbocycles. The summed E-state index contributed by atoms with van der Waals surface area (Å²) in [6.45, 7) is 4.00. The molecule has 2 radical (unpaired) electrons. The van der Waals surface area contributed by atoms with Gasteiger partial charge in [-0.15, -0.1) is 0 Å².